The maximum Gasteiger partial charge on any atom is 0.213 e. The third kappa shape index (κ3) is 5.71. The van der Waals surface area contributed by atoms with Crippen LogP contribution in [-0.4, -0.2) is 43.4 Å². The molecule has 1 aliphatic rings. The van der Waals surface area contributed by atoms with E-state index in [1.807, 2.05) is 18.3 Å². The molecule has 0 spiro atoms. The summed E-state index contributed by atoms with van der Waals surface area (Å²) < 4.78 is 11.3. The van der Waals surface area contributed by atoms with Gasteiger partial charge in [0.1, 0.15) is 0 Å². The molecule has 0 aliphatic carbocycles. The standard InChI is InChI=1S/C17H28N4O2/c1-4-9-22-15-7-6-14(11-19-15)12-20-16(18-3)21-13-17(2)8-5-10-23-17/h6-7,11H,4-5,8-10,12-13H2,1-3H3,(H2,18,20,21). The van der Waals surface area contributed by atoms with Gasteiger partial charge in [0, 0.05) is 39.0 Å². The van der Waals surface area contributed by atoms with Gasteiger partial charge in [-0.25, -0.2) is 4.98 Å². The molecular formula is C17H28N4O2. The first-order valence-corrected chi connectivity index (χ1v) is 8.31. The van der Waals surface area contributed by atoms with Crippen molar-refractivity contribution in [3.8, 4) is 5.88 Å². The van der Waals surface area contributed by atoms with E-state index in [1.54, 1.807) is 7.05 Å². The number of hydrogen-bond donors (Lipinski definition) is 2. The summed E-state index contributed by atoms with van der Waals surface area (Å²) in [6.45, 7) is 7.19. The van der Waals surface area contributed by atoms with Crippen LogP contribution >= 0.6 is 0 Å². The summed E-state index contributed by atoms with van der Waals surface area (Å²) in [6.07, 6.45) is 5.02. The zero-order chi connectivity index (χ0) is 16.5. The number of rotatable bonds is 7. The molecule has 1 aromatic heterocycles. The summed E-state index contributed by atoms with van der Waals surface area (Å²) in [6, 6.07) is 3.91. The molecule has 0 amide bonds. The van der Waals surface area contributed by atoms with Crippen LogP contribution in [0.5, 0.6) is 5.88 Å². The Kier molecular flexibility index (Phi) is 6.65. The second-order valence-electron chi connectivity index (χ2n) is 6.03. The molecule has 1 aliphatic heterocycles. The summed E-state index contributed by atoms with van der Waals surface area (Å²) in [7, 11) is 1.77. The molecule has 0 saturated carbocycles. The van der Waals surface area contributed by atoms with Crippen molar-refractivity contribution in [1.82, 2.24) is 15.6 Å². The quantitative estimate of drug-likeness (QED) is 0.595. The van der Waals surface area contributed by atoms with Crippen LogP contribution in [0, 0.1) is 0 Å². The second kappa shape index (κ2) is 8.72. The van der Waals surface area contributed by atoms with Crippen LogP contribution in [0.25, 0.3) is 0 Å². The number of aromatic nitrogens is 1. The van der Waals surface area contributed by atoms with Gasteiger partial charge in [-0.15, -0.1) is 0 Å². The predicted octanol–water partition coefficient (Wildman–Crippen LogP) is 2.10. The number of ether oxygens (including phenoxy) is 2. The molecule has 2 heterocycles. The summed E-state index contributed by atoms with van der Waals surface area (Å²) in [5, 5.41) is 6.62. The largest absolute Gasteiger partial charge is 0.478 e. The molecule has 1 saturated heterocycles. The van der Waals surface area contributed by atoms with Gasteiger partial charge in [-0.2, -0.15) is 0 Å². The monoisotopic (exact) mass is 320 g/mol. The SMILES string of the molecule is CCCOc1ccc(CNC(=NC)NCC2(C)CCCO2)cn1. The van der Waals surface area contributed by atoms with Crippen LogP contribution in [0.1, 0.15) is 38.7 Å². The zero-order valence-electron chi connectivity index (χ0n) is 14.4. The summed E-state index contributed by atoms with van der Waals surface area (Å²) in [5.74, 6) is 1.44. The van der Waals surface area contributed by atoms with Crippen LogP contribution < -0.4 is 15.4 Å². The predicted molar refractivity (Wildman–Crippen MR) is 91.8 cm³/mol. The van der Waals surface area contributed by atoms with Gasteiger partial charge < -0.3 is 20.1 Å². The molecule has 0 bridgehead atoms. The normalized spacial score (nSPS) is 21.3. The number of aliphatic imine (C=N–C) groups is 1. The Bertz CT molecular complexity index is 496. The highest BCUT2D eigenvalue weighted by Crippen LogP contribution is 2.23. The zero-order valence-corrected chi connectivity index (χ0v) is 14.4. The van der Waals surface area contributed by atoms with Crippen LogP contribution in [-0.2, 0) is 11.3 Å². The number of hydrogen-bond acceptors (Lipinski definition) is 4. The van der Waals surface area contributed by atoms with E-state index in [0.29, 0.717) is 19.0 Å². The Morgan fingerprint density at radius 2 is 2.30 bits per heavy atom. The van der Waals surface area contributed by atoms with Crippen LogP contribution in [0.4, 0.5) is 0 Å². The summed E-state index contributed by atoms with van der Waals surface area (Å²) in [4.78, 5) is 8.54. The van der Waals surface area contributed by atoms with E-state index in [4.69, 9.17) is 9.47 Å². The Hall–Kier alpha value is -1.82. The summed E-state index contributed by atoms with van der Waals surface area (Å²) >= 11 is 0. The number of pyridine rings is 1. The van der Waals surface area contributed by atoms with Gasteiger partial charge in [-0.3, -0.25) is 4.99 Å². The lowest BCUT2D eigenvalue weighted by atomic mass is 10.0. The average molecular weight is 320 g/mol. The molecule has 1 unspecified atom stereocenters. The van der Waals surface area contributed by atoms with Crippen molar-refractivity contribution in [3.63, 3.8) is 0 Å². The molecule has 23 heavy (non-hydrogen) atoms. The smallest absolute Gasteiger partial charge is 0.213 e. The van der Waals surface area contributed by atoms with Gasteiger partial charge in [0.2, 0.25) is 5.88 Å². The molecule has 6 nitrogen and oxygen atoms in total. The van der Waals surface area contributed by atoms with Gasteiger partial charge >= 0.3 is 0 Å². The molecule has 0 aromatic carbocycles. The highest BCUT2D eigenvalue weighted by Gasteiger charge is 2.29. The highest BCUT2D eigenvalue weighted by molar-refractivity contribution is 5.79. The fourth-order valence-corrected chi connectivity index (χ4v) is 2.46. The third-order valence-electron chi connectivity index (χ3n) is 3.87. The molecule has 6 heteroatoms. The number of guanidine groups is 1. The van der Waals surface area contributed by atoms with E-state index in [-0.39, 0.29) is 5.60 Å². The van der Waals surface area contributed by atoms with Crippen molar-refractivity contribution >= 4 is 5.96 Å². The maximum absolute atomic E-state index is 5.77. The second-order valence-corrected chi connectivity index (χ2v) is 6.03. The lowest BCUT2D eigenvalue weighted by Gasteiger charge is -2.24. The van der Waals surface area contributed by atoms with Gasteiger partial charge in [-0.05, 0) is 31.7 Å². The lowest BCUT2D eigenvalue weighted by molar-refractivity contribution is 0.0243. The first-order valence-electron chi connectivity index (χ1n) is 8.31. The van der Waals surface area contributed by atoms with Crippen molar-refractivity contribution in [2.75, 3.05) is 26.8 Å². The van der Waals surface area contributed by atoms with E-state index in [1.165, 1.54) is 0 Å². The van der Waals surface area contributed by atoms with E-state index in [0.717, 1.165) is 43.9 Å². The number of nitrogens with one attached hydrogen (secondary N) is 2. The molecule has 1 aromatic rings. The van der Waals surface area contributed by atoms with Crippen molar-refractivity contribution in [2.24, 2.45) is 4.99 Å². The Morgan fingerprint density at radius 3 is 2.91 bits per heavy atom. The molecule has 0 radical (unpaired) electrons. The minimum atomic E-state index is -0.0859. The molecule has 2 rings (SSSR count). The van der Waals surface area contributed by atoms with Gasteiger partial charge in [0.05, 0.1) is 12.2 Å². The van der Waals surface area contributed by atoms with E-state index in [2.05, 4.69) is 34.5 Å². The van der Waals surface area contributed by atoms with Crippen molar-refractivity contribution < 1.29 is 9.47 Å². The highest BCUT2D eigenvalue weighted by atomic mass is 16.5. The molecule has 1 atom stereocenters. The van der Waals surface area contributed by atoms with E-state index in [9.17, 15) is 0 Å². The van der Waals surface area contributed by atoms with Crippen molar-refractivity contribution in [3.05, 3.63) is 23.9 Å². The van der Waals surface area contributed by atoms with Crippen LogP contribution in [0.15, 0.2) is 23.3 Å². The molecule has 2 N–H and O–H groups in total. The first-order chi connectivity index (χ1) is 11.1. The van der Waals surface area contributed by atoms with Crippen molar-refractivity contribution in [1.29, 1.82) is 0 Å². The fourth-order valence-electron chi connectivity index (χ4n) is 2.46. The topological polar surface area (TPSA) is 67.8 Å². The van der Waals surface area contributed by atoms with Crippen molar-refractivity contribution in [2.45, 2.75) is 45.3 Å². The first kappa shape index (κ1) is 17.5. The maximum atomic E-state index is 5.77. The minimum absolute atomic E-state index is 0.0859. The van der Waals surface area contributed by atoms with Gasteiger partial charge in [0.15, 0.2) is 5.96 Å². The lowest BCUT2D eigenvalue weighted by Crippen LogP contribution is -2.45. The van der Waals surface area contributed by atoms with Gasteiger partial charge in [-0.1, -0.05) is 13.0 Å². The average Bonchev–Trinajstić information content (AvgIpc) is 3.01. The van der Waals surface area contributed by atoms with E-state index >= 15 is 0 Å². The Labute approximate surface area is 138 Å². The summed E-state index contributed by atoms with van der Waals surface area (Å²) in [5.41, 5.74) is 0.998. The molecule has 128 valence electrons. The van der Waals surface area contributed by atoms with E-state index < -0.39 is 0 Å². The molecular weight excluding hydrogens is 292 g/mol. The number of nitrogens with zero attached hydrogens (tertiary/aromatic N) is 2. The molecule has 1 fully saturated rings. The van der Waals surface area contributed by atoms with Gasteiger partial charge in [0.25, 0.3) is 0 Å². The third-order valence-corrected chi connectivity index (χ3v) is 3.87. The van der Waals surface area contributed by atoms with Crippen LogP contribution in [0.3, 0.4) is 0 Å². The Balaban J connectivity index is 1.76. The van der Waals surface area contributed by atoms with Crippen LogP contribution in [0.2, 0.25) is 0 Å². The minimum Gasteiger partial charge on any atom is -0.478 e. The fraction of sp³-hybridized carbons (Fsp3) is 0.647. The Morgan fingerprint density at radius 1 is 1.43 bits per heavy atom.